The molecule has 0 aliphatic carbocycles. The highest BCUT2D eigenvalue weighted by atomic mass is 32.2. The van der Waals surface area contributed by atoms with Crippen molar-refractivity contribution in [3.8, 4) is 0 Å². The minimum Gasteiger partial charge on any atom is -0.383 e. The van der Waals surface area contributed by atoms with Crippen molar-refractivity contribution in [2.24, 2.45) is 0 Å². The highest BCUT2D eigenvalue weighted by molar-refractivity contribution is 7.89. The third-order valence-corrected chi connectivity index (χ3v) is 5.17. The van der Waals surface area contributed by atoms with Crippen LogP contribution in [0.5, 0.6) is 0 Å². The summed E-state index contributed by atoms with van der Waals surface area (Å²) in [5, 5.41) is 13.7. The molecule has 0 heterocycles. The van der Waals surface area contributed by atoms with Crippen molar-refractivity contribution in [2.45, 2.75) is 17.9 Å². The fourth-order valence-electron chi connectivity index (χ4n) is 1.84. The number of benzene rings is 1. The summed E-state index contributed by atoms with van der Waals surface area (Å²) in [6.07, 6.45) is 1.45. The molecule has 118 valence electrons. The van der Waals surface area contributed by atoms with Gasteiger partial charge in [-0.15, -0.1) is 0 Å². The molecule has 2 atom stereocenters. The minimum atomic E-state index is -4.08. The van der Waals surface area contributed by atoms with E-state index in [1.807, 2.05) is 0 Å². The minimum absolute atomic E-state index is 0.106. The maximum Gasteiger partial charge on any atom is 0.312 e. The molecule has 0 spiro atoms. The van der Waals surface area contributed by atoms with E-state index in [1.165, 1.54) is 25.4 Å². The first kappa shape index (κ1) is 17.5. The van der Waals surface area contributed by atoms with Crippen LogP contribution in [0.3, 0.4) is 0 Å². The average molecular weight is 335 g/mol. The summed E-state index contributed by atoms with van der Waals surface area (Å²) in [6.45, 7) is 1.55. The molecule has 1 rings (SSSR count). The van der Waals surface area contributed by atoms with E-state index in [1.54, 1.807) is 6.92 Å². The van der Waals surface area contributed by atoms with E-state index in [2.05, 4.69) is 10.0 Å². The molecule has 2 unspecified atom stereocenters. The van der Waals surface area contributed by atoms with Gasteiger partial charge in [0.1, 0.15) is 5.69 Å². The fraction of sp³-hybridized carbons (Fsp3) is 0.455. The zero-order valence-corrected chi connectivity index (χ0v) is 13.5. The third kappa shape index (κ3) is 4.48. The average Bonchev–Trinajstić information content (AvgIpc) is 2.35. The molecule has 1 aromatic rings. The third-order valence-electron chi connectivity index (χ3n) is 2.58. The highest BCUT2D eigenvalue weighted by Gasteiger charge is 2.29. The molecule has 0 saturated carbocycles. The molecule has 0 bridgehead atoms. The largest absolute Gasteiger partial charge is 0.383 e. The Morgan fingerprint density at radius 3 is 2.52 bits per heavy atom. The van der Waals surface area contributed by atoms with E-state index in [-0.39, 0.29) is 11.4 Å². The second kappa shape index (κ2) is 6.96. The van der Waals surface area contributed by atoms with Gasteiger partial charge in [0.25, 0.3) is 0 Å². The van der Waals surface area contributed by atoms with E-state index in [4.69, 9.17) is 0 Å². The van der Waals surface area contributed by atoms with Gasteiger partial charge in [0.05, 0.1) is 4.92 Å². The Bertz CT molecular complexity index is 660. The van der Waals surface area contributed by atoms with Crippen molar-refractivity contribution in [2.75, 3.05) is 24.4 Å². The highest BCUT2D eigenvalue weighted by Crippen LogP contribution is 2.31. The van der Waals surface area contributed by atoms with Crippen LogP contribution in [0.25, 0.3) is 0 Å². The fourth-order valence-corrected chi connectivity index (χ4v) is 4.17. The van der Waals surface area contributed by atoms with Gasteiger partial charge in [-0.25, -0.2) is 13.1 Å². The number of nitro benzene ring substituents is 1. The Morgan fingerprint density at radius 1 is 1.43 bits per heavy atom. The number of sulfonamides is 1. The lowest BCUT2D eigenvalue weighted by Gasteiger charge is -2.14. The molecular formula is C11H17N3O5S2. The quantitative estimate of drug-likeness (QED) is 0.559. The van der Waals surface area contributed by atoms with Crippen LogP contribution in [0.4, 0.5) is 11.4 Å². The number of hydrogen-bond donors (Lipinski definition) is 2. The van der Waals surface area contributed by atoms with Gasteiger partial charge >= 0.3 is 5.69 Å². The maximum absolute atomic E-state index is 12.3. The van der Waals surface area contributed by atoms with Crippen LogP contribution in [0.2, 0.25) is 0 Å². The molecule has 21 heavy (non-hydrogen) atoms. The molecule has 0 amide bonds. The monoisotopic (exact) mass is 335 g/mol. The zero-order chi connectivity index (χ0) is 16.2. The summed E-state index contributed by atoms with van der Waals surface area (Å²) in [7, 11) is -3.79. The van der Waals surface area contributed by atoms with Crippen LogP contribution in [0, 0.1) is 10.1 Å². The van der Waals surface area contributed by atoms with E-state index in [0.717, 1.165) is 6.07 Å². The van der Waals surface area contributed by atoms with Crippen molar-refractivity contribution in [3.63, 3.8) is 0 Å². The number of para-hydroxylation sites is 1. The Labute approximate surface area is 125 Å². The van der Waals surface area contributed by atoms with Gasteiger partial charge in [-0.05, 0) is 19.1 Å². The molecule has 10 heteroatoms. The molecule has 0 aliphatic heterocycles. The number of nitrogens with zero attached hydrogens (tertiary/aromatic N) is 1. The molecule has 0 saturated heterocycles. The van der Waals surface area contributed by atoms with E-state index in [0.29, 0.717) is 0 Å². The Morgan fingerprint density at radius 2 is 2.05 bits per heavy atom. The topological polar surface area (TPSA) is 118 Å². The summed E-state index contributed by atoms with van der Waals surface area (Å²) in [4.78, 5) is 9.97. The van der Waals surface area contributed by atoms with Gasteiger partial charge in [0.2, 0.25) is 10.0 Å². The lowest BCUT2D eigenvalue weighted by atomic mass is 10.3. The Hall–Kier alpha value is -1.52. The van der Waals surface area contributed by atoms with Crippen molar-refractivity contribution in [1.29, 1.82) is 0 Å². The standard InChI is InChI=1S/C11H17N3O5S2/c1-8(7-20(3)17)13-21(18,19)10-6-4-5-9(12-2)11(10)14(15)16/h4-6,8,12-13H,7H2,1-3H3. The molecule has 0 aromatic heterocycles. The Kier molecular flexibility index (Phi) is 5.81. The lowest BCUT2D eigenvalue weighted by Crippen LogP contribution is -2.36. The van der Waals surface area contributed by atoms with Gasteiger partial charge in [-0.3, -0.25) is 14.3 Å². The lowest BCUT2D eigenvalue weighted by molar-refractivity contribution is -0.386. The van der Waals surface area contributed by atoms with Crippen LogP contribution in [-0.4, -0.2) is 42.6 Å². The molecular weight excluding hydrogens is 318 g/mol. The van der Waals surface area contributed by atoms with E-state index in [9.17, 15) is 22.7 Å². The van der Waals surface area contributed by atoms with E-state index < -0.39 is 42.4 Å². The van der Waals surface area contributed by atoms with Gasteiger partial charge < -0.3 is 5.32 Å². The summed E-state index contributed by atoms with van der Waals surface area (Å²) in [5.41, 5.74) is -0.410. The summed E-state index contributed by atoms with van der Waals surface area (Å²) >= 11 is 0. The SMILES string of the molecule is CNc1cccc(S(=O)(=O)NC(C)CS(C)=O)c1[N+](=O)[O-]. The molecule has 0 aliphatic rings. The van der Waals surface area contributed by atoms with Gasteiger partial charge in [-0.1, -0.05) is 6.07 Å². The molecule has 8 nitrogen and oxygen atoms in total. The number of nitro groups is 1. The predicted molar refractivity (Wildman–Crippen MR) is 81.4 cm³/mol. The number of hydrogen-bond acceptors (Lipinski definition) is 6. The number of anilines is 1. The summed E-state index contributed by atoms with van der Waals surface area (Å²) < 4.78 is 38.0. The molecule has 0 fully saturated rings. The second-order valence-electron chi connectivity index (χ2n) is 4.42. The van der Waals surface area contributed by atoms with Crippen LogP contribution in [-0.2, 0) is 20.8 Å². The predicted octanol–water partition coefficient (Wildman–Crippen LogP) is 0.682. The molecule has 1 aromatic carbocycles. The van der Waals surface area contributed by atoms with Gasteiger partial charge in [0, 0.05) is 35.9 Å². The van der Waals surface area contributed by atoms with Crippen LogP contribution in [0.1, 0.15) is 6.92 Å². The maximum atomic E-state index is 12.3. The summed E-state index contributed by atoms with van der Waals surface area (Å²) in [6, 6.07) is 3.40. The van der Waals surface area contributed by atoms with Crippen LogP contribution in [0.15, 0.2) is 23.1 Å². The molecule has 0 radical (unpaired) electrons. The van der Waals surface area contributed by atoms with Crippen molar-refractivity contribution in [3.05, 3.63) is 28.3 Å². The van der Waals surface area contributed by atoms with E-state index >= 15 is 0 Å². The summed E-state index contributed by atoms with van der Waals surface area (Å²) in [5.74, 6) is 0.124. The molecule has 2 N–H and O–H groups in total. The first-order valence-electron chi connectivity index (χ1n) is 5.96. The zero-order valence-electron chi connectivity index (χ0n) is 11.8. The number of rotatable bonds is 7. The van der Waals surface area contributed by atoms with Crippen molar-refractivity contribution < 1.29 is 17.6 Å². The van der Waals surface area contributed by atoms with Gasteiger partial charge in [0.15, 0.2) is 4.90 Å². The number of nitrogens with one attached hydrogen (secondary N) is 2. The first-order valence-corrected chi connectivity index (χ1v) is 9.17. The first-order chi connectivity index (χ1) is 9.69. The van der Waals surface area contributed by atoms with Gasteiger partial charge in [-0.2, -0.15) is 0 Å². The second-order valence-corrected chi connectivity index (χ2v) is 7.58. The normalized spacial score (nSPS) is 14.4. The van der Waals surface area contributed by atoms with Crippen LogP contribution < -0.4 is 10.0 Å². The smallest absolute Gasteiger partial charge is 0.312 e. The Balaban J connectivity index is 3.26. The van der Waals surface area contributed by atoms with Crippen LogP contribution >= 0.6 is 0 Å². The van der Waals surface area contributed by atoms with Crippen molar-refractivity contribution in [1.82, 2.24) is 4.72 Å². The van der Waals surface area contributed by atoms with Crippen molar-refractivity contribution >= 4 is 32.2 Å².